The number of unbranched alkanes of at least 4 members (excludes halogenated alkanes) is 1. The van der Waals surface area contributed by atoms with E-state index in [2.05, 4.69) is 4.98 Å². The Morgan fingerprint density at radius 2 is 1.77 bits per heavy atom. The molecular weight excluding hydrogens is 389 g/mol. The van der Waals surface area contributed by atoms with Gasteiger partial charge in [0.1, 0.15) is 5.75 Å². The number of fused-ring (bicyclic) bond motifs is 2. The molecule has 0 aliphatic heterocycles. The maximum absolute atomic E-state index is 13.3. The lowest BCUT2D eigenvalue weighted by atomic mass is 9.96. The molecule has 3 aromatic carbocycles. The summed E-state index contributed by atoms with van der Waals surface area (Å²) < 4.78 is 45.7. The van der Waals surface area contributed by atoms with Crippen LogP contribution in [0.25, 0.3) is 32.9 Å². The number of ether oxygens (including phenoxy) is 1. The summed E-state index contributed by atoms with van der Waals surface area (Å²) in [6.07, 6.45) is -2.16. The van der Waals surface area contributed by atoms with Gasteiger partial charge < -0.3 is 15.5 Å². The Labute approximate surface area is 172 Å². The van der Waals surface area contributed by atoms with Crippen molar-refractivity contribution in [3.63, 3.8) is 0 Å². The van der Waals surface area contributed by atoms with Gasteiger partial charge in [0.25, 0.3) is 0 Å². The first-order valence-corrected chi connectivity index (χ1v) is 9.92. The summed E-state index contributed by atoms with van der Waals surface area (Å²) in [6, 6.07) is 15.7. The van der Waals surface area contributed by atoms with Crippen molar-refractivity contribution in [2.24, 2.45) is 5.73 Å². The minimum absolute atomic E-state index is 0.546. The zero-order chi connectivity index (χ0) is 21.3. The maximum atomic E-state index is 13.3. The molecule has 0 fully saturated rings. The largest absolute Gasteiger partial charge is 0.495 e. The van der Waals surface area contributed by atoms with E-state index in [-0.39, 0.29) is 0 Å². The fraction of sp³-hybridized carbons (Fsp3) is 0.250. The molecule has 0 aliphatic carbocycles. The van der Waals surface area contributed by atoms with Crippen LogP contribution in [0.5, 0.6) is 5.75 Å². The van der Waals surface area contributed by atoms with Crippen molar-refractivity contribution < 1.29 is 17.9 Å². The molecule has 3 N–H and O–H groups in total. The fourth-order valence-corrected chi connectivity index (χ4v) is 4.02. The van der Waals surface area contributed by atoms with E-state index in [1.54, 1.807) is 7.11 Å². The number of nitrogens with two attached hydrogens (primary N) is 1. The average molecular weight is 412 g/mol. The van der Waals surface area contributed by atoms with E-state index in [0.717, 1.165) is 46.5 Å². The molecule has 0 spiro atoms. The molecule has 0 amide bonds. The van der Waals surface area contributed by atoms with E-state index in [1.165, 1.54) is 12.1 Å². The smallest absolute Gasteiger partial charge is 0.416 e. The van der Waals surface area contributed by atoms with Crippen LogP contribution in [0.2, 0.25) is 0 Å². The Hall–Kier alpha value is -2.99. The molecule has 0 saturated carbocycles. The minimum atomic E-state index is -4.39. The fourth-order valence-electron chi connectivity index (χ4n) is 4.02. The molecular formula is C24H23F3N2O. The molecule has 4 aromatic rings. The van der Waals surface area contributed by atoms with Crippen LogP contribution in [-0.2, 0) is 12.6 Å². The van der Waals surface area contributed by atoms with Gasteiger partial charge in [-0.3, -0.25) is 0 Å². The average Bonchev–Trinajstić information content (AvgIpc) is 3.10. The Bertz CT molecular complexity index is 1190. The third kappa shape index (κ3) is 3.63. The van der Waals surface area contributed by atoms with Crippen molar-refractivity contribution in [3.05, 3.63) is 65.7 Å². The molecule has 1 heterocycles. The molecule has 6 heteroatoms. The minimum Gasteiger partial charge on any atom is -0.495 e. The highest BCUT2D eigenvalue weighted by Gasteiger charge is 2.31. The van der Waals surface area contributed by atoms with Gasteiger partial charge in [0, 0.05) is 21.9 Å². The van der Waals surface area contributed by atoms with Crippen LogP contribution in [-0.4, -0.2) is 18.6 Å². The number of benzene rings is 3. The van der Waals surface area contributed by atoms with Gasteiger partial charge in [-0.15, -0.1) is 0 Å². The van der Waals surface area contributed by atoms with Crippen molar-refractivity contribution in [1.82, 2.24) is 4.98 Å². The van der Waals surface area contributed by atoms with E-state index < -0.39 is 11.7 Å². The molecule has 30 heavy (non-hydrogen) atoms. The molecule has 0 atom stereocenters. The summed E-state index contributed by atoms with van der Waals surface area (Å²) >= 11 is 0. The van der Waals surface area contributed by atoms with Gasteiger partial charge in [-0.05, 0) is 61.0 Å². The summed E-state index contributed by atoms with van der Waals surface area (Å²) in [5.41, 5.74) is 8.16. The first kappa shape index (κ1) is 20.3. The van der Waals surface area contributed by atoms with Gasteiger partial charge >= 0.3 is 6.18 Å². The molecule has 0 saturated heterocycles. The van der Waals surface area contributed by atoms with Crippen LogP contribution in [0.15, 0.2) is 54.6 Å². The summed E-state index contributed by atoms with van der Waals surface area (Å²) in [7, 11) is 1.61. The predicted molar refractivity (Wildman–Crippen MR) is 115 cm³/mol. The van der Waals surface area contributed by atoms with Gasteiger partial charge in [-0.1, -0.05) is 30.3 Å². The standard InChI is InChI=1S/C24H23F3N2O/c1-30-23-17-7-3-2-6-15(17)9-11-19(23)22-18(8-4-5-13-28)20-14-16(24(25,26)27)10-12-21(20)29-22/h2-3,6-7,9-12,14,29H,4-5,8,13,28H2,1H3. The summed E-state index contributed by atoms with van der Waals surface area (Å²) in [5.74, 6) is 0.704. The third-order valence-electron chi connectivity index (χ3n) is 5.47. The number of aromatic nitrogens is 1. The number of nitrogens with one attached hydrogen (secondary N) is 1. The predicted octanol–water partition coefficient (Wildman–Crippen LogP) is 6.30. The SMILES string of the molecule is COc1c(-c2[nH]c3ccc(C(F)(F)F)cc3c2CCCCN)ccc2ccccc12. The Morgan fingerprint density at radius 3 is 2.50 bits per heavy atom. The highest BCUT2D eigenvalue weighted by atomic mass is 19.4. The van der Waals surface area contributed by atoms with E-state index in [9.17, 15) is 13.2 Å². The molecule has 156 valence electrons. The van der Waals surface area contributed by atoms with Gasteiger partial charge in [0.15, 0.2) is 0 Å². The molecule has 1 aromatic heterocycles. The highest BCUT2D eigenvalue weighted by Crippen LogP contribution is 2.41. The van der Waals surface area contributed by atoms with Crippen molar-refractivity contribution >= 4 is 21.7 Å². The number of alkyl halides is 3. The molecule has 0 aliphatic rings. The summed E-state index contributed by atoms with van der Waals surface area (Å²) in [6.45, 7) is 0.546. The number of halogens is 3. The summed E-state index contributed by atoms with van der Waals surface area (Å²) in [5, 5.41) is 2.59. The first-order chi connectivity index (χ1) is 14.4. The van der Waals surface area contributed by atoms with Gasteiger partial charge in [0.2, 0.25) is 0 Å². The number of rotatable bonds is 6. The lowest BCUT2D eigenvalue weighted by molar-refractivity contribution is -0.137. The summed E-state index contributed by atoms with van der Waals surface area (Å²) in [4.78, 5) is 3.35. The normalized spacial score (nSPS) is 12.0. The zero-order valence-electron chi connectivity index (χ0n) is 16.6. The van der Waals surface area contributed by atoms with Crippen LogP contribution >= 0.6 is 0 Å². The second kappa shape index (κ2) is 8.03. The van der Waals surface area contributed by atoms with Gasteiger partial charge in [0.05, 0.1) is 18.4 Å². The van der Waals surface area contributed by atoms with E-state index in [1.807, 2.05) is 36.4 Å². The maximum Gasteiger partial charge on any atom is 0.416 e. The molecule has 3 nitrogen and oxygen atoms in total. The van der Waals surface area contributed by atoms with Crippen molar-refractivity contribution in [2.45, 2.75) is 25.4 Å². The second-order valence-corrected chi connectivity index (χ2v) is 7.35. The van der Waals surface area contributed by atoms with Crippen LogP contribution in [0.3, 0.4) is 0 Å². The molecule has 4 rings (SSSR count). The van der Waals surface area contributed by atoms with E-state index in [0.29, 0.717) is 29.6 Å². The van der Waals surface area contributed by atoms with Crippen LogP contribution < -0.4 is 10.5 Å². The van der Waals surface area contributed by atoms with Crippen LogP contribution in [0.4, 0.5) is 13.2 Å². The Morgan fingerprint density at radius 1 is 0.967 bits per heavy atom. The lowest BCUT2D eigenvalue weighted by Gasteiger charge is -2.13. The topological polar surface area (TPSA) is 51.0 Å². The number of H-pyrrole nitrogens is 1. The first-order valence-electron chi connectivity index (χ1n) is 9.92. The Kier molecular flexibility index (Phi) is 5.43. The van der Waals surface area contributed by atoms with Gasteiger partial charge in [-0.25, -0.2) is 0 Å². The van der Waals surface area contributed by atoms with E-state index >= 15 is 0 Å². The quantitative estimate of drug-likeness (QED) is 0.365. The number of methoxy groups -OCH3 is 1. The second-order valence-electron chi connectivity index (χ2n) is 7.35. The van der Waals surface area contributed by atoms with Crippen LogP contribution in [0.1, 0.15) is 24.0 Å². The monoisotopic (exact) mass is 412 g/mol. The van der Waals surface area contributed by atoms with Crippen molar-refractivity contribution in [3.8, 4) is 17.0 Å². The van der Waals surface area contributed by atoms with Crippen LogP contribution in [0, 0.1) is 0 Å². The number of aryl methyl sites for hydroxylation is 1. The number of hydrogen-bond acceptors (Lipinski definition) is 2. The molecule has 0 unspecified atom stereocenters. The van der Waals surface area contributed by atoms with Crippen molar-refractivity contribution in [1.29, 1.82) is 0 Å². The zero-order valence-corrected chi connectivity index (χ0v) is 16.6. The number of hydrogen-bond donors (Lipinski definition) is 2. The Balaban J connectivity index is 1.96. The lowest BCUT2D eigenvalue weighted by Crippen LogP contribution is -2.04. The highest BCUT2D eigenvalue weighted by molar-refractivity contribution is 5.98. The molecule has 0 bridgehead atoms. The molecule has 0 radical (unpaired) electrons. The van der Waals surface area contributed by atoms with E-state index in [4.69, 9.17) is 10.5 Å². The third-order valence-corrected chi connectivity index (χ3v) is 5.47. The van der Waals surface area contributed by atoms with Gasteiger partial charge in [-0.2, -0.15) is 13.2 Å². The van der Waals surface area contributed by atoms with Crippen molar-refractivity contribution in [2.75, 3.05) is 13.7 Å². The number of aromatic amines is 1.